The topological polar surface area (TPSA) is 12.0 Å². The van der Waals surface area contributed by atoms with Gasteiger partial charge >= 0.3 is 0 Å². The third-order valence-corrected chi connectivity index (χ3v) is 4.97. The molecule has 18 heavy (non-hydrogen) atoms. The van der Waals surface area contributed by atoms with E-state index < -0.39 is 0 Å². The zero-order valence-electron chi connectivity index (χ0n) is 10.2. The number of rotatable bonds is 4. The molecule has 0 aliphatic rings. The van der Waals surface area contributed by atoms with Crippen molar-refractivity contribution in [2.45, 2.75) is 12.5 Å². The highest BCUT2D eigenvalue weighted by atomic mass is 32.1. The van der Waals surface area contributed by atoms with E-state index in [2.05, 4.69) is 51.8 Å². The summed E-state index contributed by atoms with van der Waals surface area (Å²) in [6.45, 7) is 0. The molecule has 0 aliphatic heterocycles. The highest BCUT2D eigenvalue weighted by Gasteiger charge is 2.14. The molecule has 2 aromatic heterocycles. The van der Waals surface area contributed by atoms with Crippen molar-refractivity contribution in [2.24, 2.45) is 0 Å². The Kier molecular flexibility index (Phi) is 3.46. The van der Waals surface area contributed by atoms with Gasteiger partial charge in [-0.1, -0.05) is 18.2 Å². The van der Waals surface area contributed by atoms with E-state index in [-0.39, 0.29) is 0 Å². The van der Waals surface area contributed by atoms with Gasteiger partial charge in [0, 0.05) is 10.7 Å². The van der Waals surface area contributed by atoms with Crippen LogP contribution in [0.25, 0.3) is 10.1 Å². The number of thiophene rings is 2. The summed E-state index contributed by atoms with van der Waals surface area (Å²) in [5.41, 5.74) is 2.83. The lowest BCUT2D eigenvalue weighted by Crippen LogP contribution is -2.18. The Balaban J connectivity index is 1.96. The van der Waals surface area contributed by atoms with E-state index >= 15 is 0 Å². The van der Waals surface area contributed by atoms with Crippen molar-refractivity contribution >= 4 is 32.8 Å². The summed E-state index contributed by atoms with van der Waals surface area (Å²) in [6.07, 6.45) is 1.06. The van der Waals surface area contributed by atoms with Gasteiger partial charge in [0.05, 0.1) is 0 Å². The molecule has 1 N–H and O–H groups in total. The van der Waals surface area contributed by atoms with Gasteiger partial charge in [0.25, 0.3) is 0 Å². The normalized spacial score (nSPS) is 12.9. The largest absolute Gasteiger partial charge is 0.313 e. The van der Waals surface area contributed by atoms with Crippen LogP contribution in [0.5, 0.6) is 0 Å². The molecule has 92 valence electrons. The van der Waals surface area contributed by atoms with E-state index in [1.54, 1.807) is 11.3 Å². The van der Waals surface area contributed by atoms with Gasteiger partial charge in [-0.05, 0) is 58.3 Å². The second-order valence-electron chi connectivity index (χ2n) is 4.36. The van der Waals surface area contributed by atoms with Crippen molar-refractivity contribution in [2.75, 3.05) is 7.05 Å². The van der Waals surface area contributed by atoms with Gasteiger partial charge < -0.3 is 5.32 Å². The van der Waals surface area contributed by atoms with Crippen molar-refractivity contribution in [1.29, 1.82) is 0 Å². The molecule has 1 nitrogen and oxygen atoms in total. The summed E-state index contributed by atoms with van der Waals surface area (Å²) in [5, 5.41) is 11.5. The molecule has 1 atom stereocenters. The number of benzene rings is 1. The van der Waals surface area contributed by atoms with Crippen LogP contribution in [0.2, 0.25) is 0 Å². The Hall–Kier alpha value is -1.16. The number of hydrogen-bond acceptors (Lipinski definition) is 3. The molecule has 0 bridgehead atoms. The Morgan fingerprint density at radius 3 is 2.83 bits per heavy atom. The monoisotopic (exact) mass is 273 g/mol. The van der Waals surface area contributed by atoms with Crippen molar-refractivity contribution in [3.05, 3.63) is 57.6 Å². The van der Waals surface area contributed by atoms with Crippen LogP contribution >= 0.6 is 22.7 Å². The van der Waals surface area contributed by atoms with E-state index in [0.29, 0.717) is 6.04 Å². The van der Waals surface area contributed by atoms with Crippen molar-refractivity contribution in [3.63, 3.8) is 0 Å². The highest BCUT2D eigenvalue weighted by molar-refractivity contribution is 7.17. The first-order valence-corrected chi connectivity index (χ1v) is 7.85. The molecule has 0 spiro atoms. The van der Waals surface area contributed by atoms with Gasteiger partial charge in [0.2, 0.25) is 0 Å². The number of hydrogen-bond donors (Lipinski definition) is 1. The zero-order chi connectivity index (χ0) is 12.4. The van der Waals surface area contributed by atoms with Crippen LogP contribution in [0.15, 0.2) is 46.5 Å². The summed E-state index contributed by atoms with van der Waals surface area (Å²) in [5.74, 6) is 0. The second-order valence-corrected chi connectivity index (χ2v) is 6.06. The molecule has 0 saturated heterocycles. The molecule has 2 heterocycles. The SMILES string of the molecule is CNC(Cc1ccsc1)c1csc2ccccc12. The first-order valence-electron chi connectivity index (χ1n) is 6.03. The highest BCUT2D eigenvalue weighted by Crippen LogP contribution is 2.31. The molecule has 0 radical (unpaired) electrons. The molecule has 3 aromatic rings. The third-order valence-electron chi connectivity index (χ3n) is 3.25. The maximum atomic E-state index is 3.45. The molecule has 1 aromatic carbocycles. The summed E-state index contributed by atoms with van der Waals surface area (Å²) in [4.78, 5) is 0. The molecule has 0 amide bonds. The van der Waals surface area contributed by atoms with Gasteiger partial charge in [0.1, 0.15) is 0 Å². The van der Waals surface area contributed by atoms with Crippen LogP contribution in [0.4, 0.5) is 0 Å². The number of likely N-dealkylation sites (N-methyl/N-ethyl adjacent to an activating group) is 1. The Labute approximate surface area is 115 Å². The third kappa shape index (κ3) is 2.21. The average Bonchev–Trinajstić information content (AvgIpc) is 3.05. The second kappa shape index (κ2) is 5.22. The lowest BCUT2D eigenvalue weighted by Gasteiger charge is -2.15. The molecule has 1 unspecified atom stereocenters. The van der Waals surface area contributed by atoms with Crippen LogP contribution in [0.3, 0.4) is 0 Å². The van der Waals surface area contributed by atoms with Crippen molar-refractivity contribution in [3.8, 4) is 0 Å². The van der Waals surface area contributed by atoms with Gasteiger partial charge in [0.15, 0.2) is 0 Å². The molecule has 0 fully saturated rings. The summed E-state index contributed by atoms with van der Waals surface area (Å²) < 4.78 is 1.37. The molecule has 3 heteroatoms. The van der Waals surface area contributed by atoms with E-state index in [1.165, 1.54) is 21.2 Å². The van der Waals surface area contributed by atoms with Crippen LogP contribution in [0, 0.1) is 0 Å². The molecule has 3 rings (SSSR count). The zero-order valence-corrected chi connectivity index (χ0v) is 11.9. The van der Waals surface area contributed by atoms with E-state index in [9.17, 15) is 0 Å². The van der Waals surface area contributed by atoms with Crippen LogP contribution in [0.1, 0.15) is 17.2 Å². The first-order chi connectivity index (χ1) is 8.88. The predicted molar refractivity (Wildman–Crippen MR) is 81.6 cm³/mol. The lowest BCUT2D eigenvalue weighted by atomic mass is 10.0. The quantitative estimate of drug-likeness (QED) is 0.739. The predicted octanol–water partition coefficient (Wildman–Crippen LogP) is 4.47. The summed E-state index contributed by atoms with van der Waals surface area (Å²) in [7, 11) is 2.05. The minimum absolute atomic E-state index is 0.399. The average molecular weight is 273 g/mol. The fraction of sp³-hybridized carbons (Fsp3) is 0.200. The molecule has 0 saturated carbocycles. The summed E-state index contributed by atoms with van der Waals surface area (Å²) >= 11 is 3.60. The van der Waals surface area contributed by atoms with Crippen molar-refractivity contribution < 1.29 is 0 Å². The van der Waals surface area contributed by atoms with Crippen LogP contribution in [-0.4, -0.2) is 7.05 Å². The van der Waals surface area contributed by atoms with Gasteiger partial charge in [-0.2, -0.15) is 11.3 Å². The first kappa shape index (κ1) is 11.9. The Bertz CT molecular complexity index is 625. The summed E-state index contributed by atoms with van der Waals surface area (Å²) in [6, 6.07) is 11.3. The number of nitrogens with one attached hydrogen (secondary N) is 1. The van der Waals surface area contributed by atoms with Gasteiger partial charge in [-0.15, -0.1) is 11.3 Å². The lowest BCUT2D eigenvalue weighted by molar-refractivity contribution is 0.598. The van der Waals surface area contributed by atoms with Crippen LogP contribution in [-0.2, 0) is 6.42 Å². The minimum atomic E-state index is 0.399. The van der Waals surface area contributed by atoms with Gasteiger partial charge in [-0.25, -0.2) is 0 Å². The smallest absolute Gasteiger partial charge is 0.0373 e. The fourth-order valence-corrected chi connectivity index (χ4v) is 3.98. The Morgan fingerprint density at radius 1 is 1.17 bits per heavy atom. The molecule has 0 aliphatic carbocycles. The minimum Gasteiger partial charge on any atom is -0.313 e. The van der Waals surface area contributed by atoms with E-state index in [4.69, 9.17) is 0 Å². The van der Waals surface area contributed by atoms with E-state index in [1.807, 2.05) is 18.4 Å². The molecular formula is C15H15NS2. The molecular weight excluding hydrogens is 258 g/mol. The van der Waals surface area contributed by atoms with Crippen molar-refractivity contribution in [1.82, 2.24) is 5.32 Å². The number of fused-ring (bicyclic) bond motifs is 1. The standard InChI is InChI=1S/C15H15NS2/c1-16-14(8-11-6-7-17-9-11)13-10-18-15-5-3-2-4-12(13)15/h2-7,9-10,14,16H,8H2,1H3. The van der Waals surface area contributed by atoms with Crippen LogP contribution < -0.4 is 5.32 Å². The maximum Gasteiger partial charge on any atom is 0.0373 e. The van der Waals surface area contributed by atoms with E-state index in [0.717, 1.165) is 6.42 Å². The maximum absolute atomic E-state index is 3.45. The Morgan fingerprint density at radius 2 is 2.06 bits per heavy atom. The van der Waals surface area contributed by atoms with Gasteiger partial charge in [-0.3, -0.25) is 0 Å². The fourth-order valence-electron chi connectivity index (χ4n) is 2.28.